The van der Waals surface area contributed by atoms with Gasteiger partial charge in [0.05, 0.1) is 35.5 Å². The lowest BCUT2D eigenvalue weighted by atomic mass is 9.85. The van der Waals surface area contributed by atoms with Crippen LogP contribution in [0.5, 0.6) is 5.75 Å². The Morgan fingerprint density at radius 1 is 1.03 bits per heavy atom. The highest BCUT2D eigenvalue weighted by Crippen LogP contribution is 2.39. The summed E-state index contributed by atoms with van der Waals surface area (Å²) in [6.07, 6.45) is 2.74. The number of hydrogen-bond acceptors (Lipinski definition) is 13. The number of aliphatic hydroxyl groups is 1. The quantitative estimate of drug-likeness (QED) is 0.0852. The Kier molecular flexibility index (Phi) is 17.5. The van der Waals surface area contributed by atoms with Crippen LogP contribution in [0.3, 0.4) is 0 Å². The molecule has 3 N–H and O–H groups in total. The zero-order chi connectivity index (χ0) is 49.3. The van der Waals surface area contributed by atoms with Crippen molar-refractivity contribution in [3.63, 3.8) is 0 Å². The number of thioether (sulfide) groups is 1. The standard InChI is InChI=1S/C49H61ClN8O8S2/c1-31-42(68-30-55(31)7)33-13-11-32(12-14-33)26-53-44(61)40-24-36(59)28-56(40)45(62)43(48(2,3)4)54-41(60)29-65-21-10-20-64-19-8-9-22-66-37-17-15-34(16-18-37)58-47(67)57(46(63)49(58,5)6)35-23-38(50)39(25-51)52-27-35/h11-18,23,27,36,40,43,59H,8-10,19-22,24,26,28-30H2,1-7H3,(H,53,61)(H,54,60)/t36-,40+,43-/m1/s1. The Bertz CT molecular complexity index is 2410. The van der Waals surface area contributed by atoms with Crippen LogP contribution in [0.4, 0.5) is 11.4 Å². The molecule has 0 unspecified atom stereocenters. The van der Waals surface area contributed by atoms with E-state index >= 15 is 0 Å². The third kappa shape index (κ3) is 12.5. The Morgan fingerprint density at radius 3 is 2.35 bits per heavy atom. The summed E-state index contributed by atoms with van der Waals surface area (Å²) >= 11 is 13.7. The second kappa shape index (κ2) is 22.9. The molecule has 0 radical (unpaired) electrons. The molecule has 364 valence electrons. The van der Waals surface area contributed by atoms with Crippen molar-refractivity contribution in [1.82, 2.24) is 25.4 Å². The summed E-state index contributed by atoms with van der Waals surface area (Å²) in [6.45, 7) is 12.9. The first-order valence-corrected chi connectivity index (χ1v) is 24.4. The first-order chi connectivity index (χ1) is 32.3. The third-order valence-corrected chi connectivity index (χ3v) is 14.0. The maximum atomic E-state index is 14.0. The number of halogens is 1. The van der Waals surface area contributed by atoms with E-state index in [0.29, 0.717) is 43.4 Å². The average molecular weight is 990 g/mol. The van der Waals surface area contributed by atoms with E-state index in [0.717, 1.165) is 29.8 Å². The fourth-order valence-corrected chi connectivity index (χ4v) is 9.95. The smallest absolute Gasteiger partial charge is 0.259 e. The molecule has 68 heavy (non-hydrogen) atoms. The molecule has 3 aromatic rings. The number of ether oxygens (including phenoxy) is 3. The fraction of sp³-hybridized carbons (Fsp3) is 0.490. The number of anilines is 2. The number of aliphatic hydroxyl groups excluding tert-OH is 1. The maximum Gasteiger partial charge on any atom is 0.259 e. The molecule has 4 heterocycles. The SMILES string of the molecule is CC1=C(c2ccc(CNC(=O)[C@@H]3C[C@@H](O)CN3C(=O)[C@@H](NC(=O)COCCCOCCCCOc3ccc(N4C(=S)N(c5cnc(C#N)c(Cl)c5)C(=O)C4(C)C)cc3)C(C)(C)C)cc2)SCN1C. The van der Waals surface area contributed by atoms with Crippen molar-refractivity contribution >= 4 is 80.6 Å². The number of pyridine rings is 1. The van der Waals surface area contributed by atoms with Gasteiger partial charge in [0, 0.05) is 62.7 Å². The molecule has 2 aromatic carbocycles. The fourth-order valence-electron chi connectivity index (χ4n) is 8.04. The molecule has 2 saturated heterocycles. The third-order valence-electron chi connectivity index (χ3n) is 12.0. The number of benzene rings is 2. The molecule has 2 fully saturated rings. The van der Waals surface area contributed by atoms with Gasteiger partial charge in [-0.3, -0.25) is 24.1 Å². The van der Waals surface area contributed by atoms with E-state index in [2.05, 4.69) is 34.5 Å². The zero-order valence-electron chi connectivity index (χ0n) is 39.7. The number of allylic oxidation sites excluding steroid dienone is 1. The number of nitrogens with one attached hydrogen (secondary N) is 2. The molecule has 0 bridgehead atoms. The summed E-state index contributed by atoms with van der Waals surface area (Å²) in [4.78, 5) is 66.0. The van der Waals surface area contributed by atoms with Crippen LogP contribution in [0, 0.1) is 16.7 Å². The van der Waals surface area contributed by atoms with Gasteiger partial charge < -0.3 is 44.7 Å². The number of unbranched alkanes of at least 4 members (excludes halogenated alkanes) is 1. The normalized spacial score (nSPS) is 18.6. The van der Waals surface area contributed by atoms with Crippen molar-refractivity contribution in [1.29, 1.82) is 5.26 Å². The van der Waals surface area contributed by atoms with Crippen LogP contribution in [0.1, 0.15) is 84.0 Å². The number of hydrogen-bond donors (Lipinski definition) is 3. The number of amides is 4. The van der Waals surface area contributed by atoms with Crippen LogP contribution in [-0.2, 0) is 35.2 Å². The molecular weight excluding hydrogens is 928 g/mol. The minimum absolute atomic E-state index is 0.0103. The largest absolute Gasteiger partial charge is 0.494 e. The van der Waals surface area contributed by atoms with Gasteiger partial charge in [-0.1, -0.05) is 56.6 Å². The lowest BCUT2D eigenvalue weighted by molar-refractivity contribution is -0.144. The highest BCUT2D eigenvalue weighted by Gasteiger charge is 2.50. The predicted molar refractivity (Wildman–Crippen MR) is 267 cm³/mol. The summed E-state index contributed by atoms with van der Waals surface area (Å²) in [5.74, 6) is 0.0724. The number of carbonyl (C=O) groups is 4. The van der Waals surface area contributed by atoms with Gasteiger partial charge in [-0.2, -0.15) is 5.26 Å². The van der Waals surface area contributed by atoms with Crippen molar-refractivity contribution < 1.29 is 38.5 Å². The van der Waals surface area contributed by atoms with Gasteiger partial charge in [0.15, 0.2) is 10.8 Å². The van der Waals surface area contributed by atoms with E-state index in [-0.39, 0.29) is 60.4 Å². The highest BCUT2D eigenvalue weighted by molar-refractivity contribution is 8.08. The first kappa shape index (κ1) is 52.1. The molecule has 1 aromatic heterocycles. The Morgan fingerprint density at radius 2 is 1.71 bits per heavy atom. The summed E-state index contributed by atoms with van der Waals surface area (Å²) in [6, 6.07) is 17.0. The molecule has 0 aliphatic carbocycles. The van der Waals surface area contributed by atoms with Gasteiger partial charge in [-0.15, -0.1) is 11.8 Å². The topological polar surface area (TPSA) is 190 Å². The van der Waals surface area contributed by atoms with Gasteiger partial charge in [0.1, 0.15) is 36.0 Å². The molecule has 6 rings (SSSR count). The van der Waals surface area contributed by atoms with Crippen molar-refractivity contribution in [2.75, 3.05) is 62.3 Å². The number of likely N-dealkylation sites (tertiary alicyclic amines) is 1. The Hall–Kier alpha value is -5.29. The lowest BCUT2D eigenvalue weighted by Crippen LogP contribution is -2.58. The number of rotatable bonds is 20. The number of nitriles is 1. The van der Waals surface area contributed by atoms with Crippen molar-refractivity contribution in [2.24, 2.45) is 5.41 Å². The number of β-amino-alcohol motifs (C(OH)–C–C–N with tert-alkyl or cyclic N) is 1. The van der Waals surface area contributed by atoms with Crippen LogP contribution in [0.25, 0.3) is 4.91 Å². The van der Waals surface area contributed by atoms with Gasteiger partial charge in [0.2, 0.25) is 17.7 Å². The van der Waals surface area contributed by atoms with E-state index in [4.69, 9.17) is 38.0 Å². The summed E-state index contributed by atoms with van der Waals surface area (Å²) in [5.41, 5.74) is 2.74. The molecule has 4 amide bonds. The second-order valence-corrected chi connectivity index (χ2v) is 20.3. The van der Waals surface area contributed by atoms with Gasteiger partial charge >= 0.3 is 0 Å². The van der Waals surface area contributed by atoms with E-state index in [1.54, 1.807) is 30.5 Å². The lowest BCUT2D eigenvalue weighted by Gasteiger charge is -2.35. The molecule has 0 spiro atoms. The van der Waals surface area contributed by atoms with Gasteiger partial charge in [0.25, 0.3) is 5.91 Å². The van der Waals surface area contributed by atoms with Crippen molar-refractivity contribution in [3.8, 4) is 11.8 Å². The monoisotopic (exact) mass is 988 g/mol. The summed E-state index contributed by atoms with van der Waals surface area (Å²) < 4.78 is 17.3. The minimum atomic E-state index is -0.995. The molecular formula is C49H61ClN8O8S2. The summed E-state index contributed by atoms with van der Waals surface area (Å²) in [7, 11) is 2.07. The number of thiocarbonyl (C=S) groups is 1. The molecule has 16 nitrogen and oxygen atoms in total. The van der Waals surface area contributed by atoms with Crippen molar-refractivity contribution in [3.05, 3.63) is 88.3 Å². The second-order valence-electron chi connectivity index (χ2n) is 18.6. The molecule has 3 aliphatic heterocycles. The number of aromatic nitrogens is 1. The van der Waals surface area contributed by atoms with E-state index < -0.39 is 41.0 Å². The van der Waals surface area contributed by atoms with E-state index in [1.807, 2.05) is 75.4 Å². The molecule has 0 saturated carbocycles. The number of nitrogens with zero attached hydrogens (tertiary/aromatic N) is 6. The Labute approximate surface area is 413 Å². The van der Waals surface area contributed by atoms with Gasteiger partial charge in [-0.05, 0) is 99.1 Å². The van der Waals surface area contributed by atoms with Crippen molar-refractivity contribution in [2.45, 2.75) is 97.5 Å². The summed E-state index contributed by atoms with van der Waals surface area (Å²) in [5, 5.41) is 25.9. The van der Waals surface area contributed by atoms with Gasteiger partial charge in [-0.25, -0.2) is 4.98 Å². The van der Waals surface area contributed by atoms with E-state index in [9.17, 15) is 29.5 Å². The predicted octanol–water partition coefficient (Wildman–Crippen LogP) is 6.24. The Balaban J connectivity index is 0.857. The van der Waals surface area contributed by atoms with E-state index in [1.165, 1.54) is 32.7 Å². The highest BCUT2D eigenvalue weighted by atomic mass is 35.5. The van der Waals surface area contributed by atoms with Crippen LogP contribution in [0.2, 0.25) is 5.02 Å². The average Bonchev–Trinajstić information content (AvgIpc) is 3.92. The van der Waals surface area contributed by atoms with Crippen LogP contribution >= 0.6 is 35.6 Å². The maximum absolute atomic E-state index is 14.0. The number of carbonyl (C=O) groups excluding carboxylic acids is 4. The minimum Gasteiger partial charge on any atom is -0.494 e. The molecule has 3 aliphatic rings. The van der Waals surface area contributed by atoms with Crippen LogP contribution < -0.4 is 25.2 Å². The molecule has 3 atom stereocenters. The zero-order valence-corrected chi connectivity index (χ0v) is 42.1. The van der Waals surface area contributed by atoms with Crippen LogP contribution in [0.15, 0.2) is 66.5 Å². The molecule has 19 heteroatoms. The van der Waals surface area contributed by atoms with Crippen LogP contribution in [-0.4, -0.2) is 125 Å². The first-order valence-electron chi connectivity index (χ1n) is 22.6.